The fourth-order valence-electron chi connectivity index (χ4n) is 3.38. The lowest BCUT2D eigenvalue weighted by atomic mass is 9.88. The SMILES string of the molecule is CC(C)F.CC1(CF)OC(C)(C)C(C)(C)O1.CCCOCCCC(C)F.CCOC(C)(C)C(C)(C)OC(C)(C)F.CF. The second kappa shape index (κ2) is 22.0. The molecule has 1 aliphatic rings. The standard InChI is InChI=1S/C11H23FO2.C9H17FO2.C8H17FO.C3H7F.CH3F/c1-8-13-9(2,3)10(4,5)14-11(6,7)12;1-7(2)8(3,4)12-9(5,6-10)11-7;1-3-6-10-7-4-5-8(2)9;1-3(2)4;1-2/h8H2,1-7H3;6H2,1-5H3;8H,3-7H2,1-2H3;3H,1-2H3;1H3. The topological polar surface area (TPSA) is 46.2 Å². The normalized spacial score (nSPS) is 17.8. The van der Waals surface area contributed by atoms with Crippen LogP contribution in [0.1, 0.15) is 130 Å². The van der Waals surface area contributed by atoms with Crippen molar-refractivity contribution in [2.75, 3.05) is 33.7 Å². The van der Waals surface area contributed by atoms with Gasteiger partial charge in [0.2, 0.25) is 5.85 Å². The summed E-state index contributed by atoms with van der Waals surface area (Å²) in [5.74, 6) is -2.70. The average Bonchev–Trinajstić information content (AvgIpc) is 2.96. The van der Waals surface area contributed by atoms with Crippen LogP contribution in [0.25, 0.3) is 0 Å². The second-order valence-electron chi connectivity index (χ2n) is 13.0. The van der Waals surface area contributed by atoms with E-state index in [1.807, 2.05) is 62.3 Å². The molecule has 1 fully saturated rings. The molecule has 0 radical (unpaired) electrons. The Bertz CT molecular complexity index is 615. The first-order valence-electron chi connectivity index (χ1n) is 15.0. The van der Waals surface area contributed by atoms with Crippen LogP contribution in [0.5, 0.6) is 0 Å². The summed E-state index contributed by atoms with van der Waals surface area (Å²) < 4.78 is 85.6. The van der Waals surface area contributed by atoms with Crippen molar-refractivity contribution >= 4 is 0 Å². The maximum atomic E-state index is 13.4. The third-order valence-corrected chi connectivity index (χ3v) is 6.33. The van der Waals surface area contributed by atoms with Gasteiger partial charge in [0.1, 0.15) is 6.67 Å². The fourth-order valence-corrected chi connectivity index (χ4v) is 3.38. The second-order valence-corrected chi connectivity index (χ2v) is 13.0. The van der Waals surface area contributed by atoms with Gasteiger partial charge < -0.3 is 23.7 Å². The Hall–Kier alpha value is -0.550. The van der Waals surface area contributed by atoms with Crippen molar-refractivity contribution in [1.82, 2.24) is 0 Å². The highest BCUT2D eigenvalue weighted by molar-refractivity contribution is 4.97. The molecule has 0 N–H and O–H groups in total. The quantitative estimate of drug-likeness (QED) is 0.159. The zero-order valence-corrected chi connectivity index (χ0v) is 30.0. The minimum Gasteiger partial charge on any atom is -0.381 e. The Morgan fingerprint density at radius 1 is 0.762 bits per heavy atom. The van der Waals surface area contributed by atoms with Crippen molar-refractivity contribution in [3.05, 3.63) is 0 Å². The Morgan fingerprint density at radius 3 is 1.43 bits per heavy atom. The van der Waals surface area contributed by atoms with Gasteiger partial charge in [0.05, 0.1) is 41.9 Å². The number of hydrogen-bond acceptors (Lipinski definition) is 5. The smallest absolute Gasteiger partial charge is 0.204 e. The summed E-state index contributed by atoms with van der Waals surface area (Å²) in [6.07, 6.45) is 1.18. The fraction of sp³-hybridized carbons (Fsp3) is 1.00. The predicted octanol–water partition coefficient (Wildman–Crippen LogP) is 10.1. The minimum absolute atomic E-state index is 0.437. The first-order chi connectivity index (χ1) is 18.7. The largest absolute Gasteiger partial charge is 0.381 e. The average molecular weight is 627 g/mol. The summed E-state index contributed by atoms with van der Waals surface area (Å²) in [5, 5.41) is 0. The minimum atomic E-state index is -1.64. The van der Waals surface area contributed by atoms with Gasteiger partial charge in [0.15, 0.2) is 5.79 Å². The van der Waals surface area contributed by atoms with Gasteiger partial charge in [0.25, 0.3) is 0 Å². The molecule has 5 nitrogen and oxygen atoms in total. The Kier molecular flexibility index (Phi) is 25.4. The Labute approximate surface area is 255 Å². The highest BCUT2D eigenvalue weighted by Crippen LogP contribution is 2.43. The molecular weight excluding hydrogens is 559 g/mol. The van der Waals surface area contributed by atoms with Crippen LogP contribution < -0.4 is 0 Å². The molecule has 1 unspecified atom stereocenters. The highest BCUT2D eigenvalue weighted by atomic mass is 19.2. The molecular formula is C32H67F5O5. The molecule has 0 aliphatic carbocycles. The summed E-state index contributed by atoms with van der Waals surface area (Å²) in [6, 6.07) is 0. The van der Waals surface area contributed by atoms with E-state index < -0.39 is 53.1 Å². The van der Waals surface area contributed by atoms with Crippen LogP contribution in [0.15, 0.2) is 0 Å². The summed E-state index contributed by atoms with van der Waals surface area (Å²) in [7, 11) is 0.500. The van der Waals surface area contributed by atoms with Crippen LogP contribution in [-0.4, -0.2) is 80.1 Å². The summed E-state index contributed by atoms with van der Waals surface area (Å²) in [5.41, 5.74) is -2.05. The molecule has 0 aromatic heterocycles. The van der Waals surface area contributed by atoms with E-state index in [0.29, 0.717) is 26.8 Å². The lowest BCUT2D eigenvalue weighted by Gasteiger charge is -2.43. The van der Waals surface area contributed by atoms with Gasteiger partial charge in [-0.2, -0.15) is 0 Å². The van der Waals surface area contributed by atoms with Crippen molar-refractivity contribution in [3.8, 4) is 0 Å². The van der Waals surface area contributed by atoms with Crippen molar-refractivity contribution in [3.63, 3.8) is 0 Å². The molecule has 0 saturated carbocycles. The van der Waals surface area contributed by atoms with Crippen LogP contribution >= 0.6 is 0 Å². The first kappa shape index (κ1) is 48.4. The molecule has 1 rings (SSSR count). The van der Waals surface area contributed by atoms with E-state index in [4.69, 9.17) is 23.7 Å². The van der Waals surface area contributed by atoms with Crippen LogP contribution in [-0.2, 0) is 23.7 Å². The third-order valence-electron chi connectivity index (χ3n) is 6.33. The van der Waals surface area contributed by atoms with Crippen LogP contribution in [0.2, 0.25) is 0 Å². The molecule has 42 heavy (non-hydrogen) atoms. The van der Waals surface area contributed by atoms with Crippen molar-refractivity contribution in [2.24, 2.45) is 0 Å². The van der Waals surface area contributed by atoms with E-state index in [9.17, 15) is 22.0 Å². The molecule has 1 heterocycles. The van der Waals surface area contributed by atoms with E-state index in [-0.39, 0.29) is 0 Å². The predicted molar refractivity (Wildman–Crippen MR) is 165 cm³/mol. The number of hydrogen-bond donors (Lipinski definition) is 0. The Morgan fingerprint density at radius 2 is 1.17 bits per heavy atom. The number of alkyl halides is 5. The molecule has 0 aromatic carbocycles. The Balaban J connectivity index is -0.000000237. The summed E-state index contributed by atoms with van der Waals surface area (Å²) in [6.45, 7) is 29.6. The van der Waals surface area contributed by atoms with Gasteiger partial charge in [0, 0.05) is 19.8 Å². The molecule has 0 amide bonds. The maximum absolute atomic E-state index is 13.4. The highest BCUT2D eigenvalue weighted by Gasteiger charge is 2.54. The number of ether oxygens (including phenoxy) is 5. The first-order valence-corrected chi connectivity index (χ1v) is 15.0. The van der Waals surface area contributed by atoms with Gasteiger partial charge in [-0.05, 0) is 123 Å². The molecule has 0 aromatic rings. The zero-order valence-electron chi connectivity index (χ0n) is 30.0. The third kappa shape index (κ3) is 23.9. The van der Waals surface area contributed by atoms with E-state index in [2.05, 4.69) is 6.92 Å². The molecule has 1 aliphatic heterocycles. The van der Waals surface area contributed by atoms with E-state index in [1.54, 1.807) is 13.8 Å². The maximum Gasteiger partial charge on any atom is 0.204 e. The summed E-state index contributed by atoms with van der Waals surface area (Å²) in [4.78, 5) is 0. The van der Waals surface area contributed by atoms with Crippen LogP contribution in [0, 0.1) is 0 Å². The van der Waals surface area contributed by atoms with Gasteiger partial charge >= 0.3 is 0 Å². The van der Waals surface area contributed by atoms with Crippen molar-refractivity contribution < 1.29 is 45.6 Å². The van der Waals surface area contributed by atoms with E-state index >= 15 is 0 Å². The molecule has 1 atom stereocenters. The molecule has 260 valence electrons. The zero-order chi connectivity index (χ0) is 34.6. The van der Waals surface area contributed by atoms with Gasteiger partial charge in [-0.1, -0.05) is 6.92 Å². The lowest BCUT2D eigenvalue weighted by Crippen LogP contribution is -2.52. The molecule has 10 heteroatoms. The molecule has 1 saturated heterocycles. The number of rotatable bonds is 12. The molecule has 0 bridgehead atoms. The van der Waals surface area contributed by atoms with Gasteiger partial charge in [-0.15, -0.1) is 0 Å². The van der Waals surface area contributed by atoms with Crippen molar-refractivity contribution in [2.45, 2.75) is 176 Å². The number of halogens is 5. The molecule has 0 spiro atoms. The van der Waals surface area contributed by atoms with Crippen molar-refractivity contribution in [1.29, 1.82) is 0 Å². The van der Waals surface area contributed by atoms with Crippen LogP contribution in [0.4, 0.5) is 22.0 Å². The van der Waals surface area contributed by atoms with Crippen LogP contribution in [0.3, 0.4) is 0 Å². The lowest BCUT2D eigenvalue weighted by molar-refractivity contribution is -0.256. The summed E-state index contributed by atoms with van der Waals surface area (Å²) >= 11 is 0. The monoisotopic (exact) mass is 626 g/mol. The van der Waals surface area contributed by atoms with E-state index in [0.717, 1.165) is 19.4 Å². The van der Waals surface area contributed by atoms with Gasteiger partial charge in [-0.3, -0.25) is 4.39 Å². The van der Waals surface area contributed by atoms with Gasteiger partial charge in [-0.25, -0.2) is 17.6 Å². The van der Waals surface area contributed by atoms with E-state index in [1.165, 1.54) is 27.7 Å².